The van der Waals surface area contributed by atoms with Gasteiger partial charge in [-0.3, -0.25) is 4.79 Å². The lowest BCUT2D eigenvalue weighted by molar-refractivity contribution is -0.136. The molecule has 1 aromatic carbocycles. The van der Waals surface area contributed by atoms with Crippen molar-refractivity contribution in [3.63, 3.8) is 0 Å². The number of alkyl halides is 3. The van der Waals surface area contributed by atoms with Gasteiger partial charge in [0.2, 0.25) is 0 Å². The third kappa shape index (κ3) is 4.80. The summed E-state index contributed by atoms with van der Waals surface area (Å²) in [6.45, 7) is -0.655. The highest BCUT2D eigenvalue weighted by Gasteiger charge is 2.29. The van der Waals surface area contributed by atoms with Crippen molar-refractivity contribution in [2.45, 2.75) is 19.0 Å². The molecule has 0 unspecified atom stereocenters. The van der Waals surface area contributed by atoms with E-state index in [1.807, 2.05) is 0 Å². The number of phenols is 1. The average Bonchev–Trinajstić information content (AvgIpc) is 2.37. The van der Waals surface area contributed by atoms with Gasteiger partial charge in [0, 0.05) is 13.1 Å². The molecule has 0 bridgehead atoms. The van der Waals surface area contributed by atoms with Gasteiger partial charge < -0.3 is 10.0 Å². The van der Waals surface area contributed by atoms with Gasteiger partial charge in [-0.2, -0.15) is 18.4 Å². The number of nitriles is 1. The summed E-state index contributed by atoms with van der Waals surface area (Å²) in [7, 11) is 0. The first-order valence-corrected chi connectivity index (χ1v) is 5.86. The summed E-state index contributed by atoms with van der Waals surface area (Å²) in [5.41, 5.74) is -0.0763. The number of nitrogens with zero attached hydrogens (tertiary/aromatic N) is 2. The monoisotopic (exact) mass is 286 g/mol. The molecule has 0 saturated carbocycles. The van der Waals surface area contributed by atoms with E-state index >= 15 is 0 Å². The Morgan fingerprint density at radius 2 is 1.95 bits per heavy atom. The molecule has 0 aliphatic carbocycles. The molecule has 1 rings (SSSR count). The maximum Gasteiger partial charge on any atom is 0.390 e. The van der Waals surface area contributed by atoms with Crippen LogP contribution in [0.4, 0.5) is 13.2 Å². The van der Waals surface area contributed by atoms with Crippen molar-refractivity contribution in [2.75, 3.05) is 13.1 Å². The SMILES string of the molecule is N#CCCN(CCC(F)(F)F)C(=O)c1ccccc1O. The molecule has 1 N–H and O–H groups in total. The number of amides is 1. The van der Waals surface area contributed by atoms with Gasteiger partial charge in [-0.15, -0.1) is 0 Å². The molecular formula is C13H13F3N2O2. The van der Waals surface area contributed by atoms with Gasteiger partial charge >= 0.3 is 6.18 Å². The fraction of sp³-hybridized carbons (Fsp3) is 0.385. The third-order valence-electron chi connectivity index (χ3n) is 2.58. The second-order valence-electron chi connectivity index (χ2n) is 4.08. The predicted molar refractivity (Wildman–Crippen MR) is 64.9 cm³/mol. The molecule has 0 aliphatic rings. The van der Waals surface area contributed by atoms with Crippen LogP contribution < -0.4 is 0 Å². The second-order valence-corrected chi connectivity index (χ2v) is 4.08. The van der Waals surface area contributed by atoms with Crippen LogP contribution in [0.5, 0.6) is 5.75 Å². The molecule has 4 nitrogen and oxygen atoms in total. The summed E-state index contributed by atoms with van der Waals surface area (Å²) in [5, 5.41) is 18.0. The van der Waals surface area contributed by atoms with Gasteiger partial charge in [0.05, 0.1) is 24.5 Å². The zero-order valence-corrected chi connectivity index (χ0v) is 10.5. The molecule has 0 heterocycles. The molecule has 108 valence electrons. The molecule has 20 heavy (non-hydrogen) atoms. The number of carbonyl (C=O) groups excluding carboxylic acids is 1. The number of hydrogen-bond donors (Lipinski definition) is 1. The van der Waals surface area contributed by atoms with Crippen molar-refractivity contribution in [3.05, 3.63) is 29.8 Å². The molecule has 0 atom stereocenters. The molecule has 0 aromatic heterocycles. The van der Waals surface area contributed by atoms with E-state index < -0.39 is 25.0 Å². The summed E-state index contributed by atoms with van der Waals surface area (Å²) in [6.07, 6.45) is -5.61. The Hall–Kier alpha value is -2.23. The van der Waals surface area contributed by atoms with Crippen molar-refractivity contribution < 1.29 is 23.1 Å². The van der Waals surface area contributed by atoms with E-state index in [1.54, 1.807) is 6.07 Å². The third-order valence-corrected chi connectivity index (χ3v) is 2.58. The highest BCUT2D eigenvalue weighted by molar-refractivity contribution is 5.96. The normalized spacial score (nSPS) is 10.9. The van der Waals surface area contributed by atoms with E-state index in [0.29, 0.717) is 0 Å². The Balaban J connectivity index is 2.85. The van der Waals surface area contributed by atoms with E-state index in [-0.39, 0.29) is 24.3 Å². The first-order chi connectivity index (χ1) is 9.35. The fourth-order valence-corrected chi connectivity index (χ4v) is 1.59. The van der Waals surface area contributed by atoms with Gasteiger partial charge in [0.1, 0.15) is 5.75 Å². The van der Waals surface area contributed by atoms with Crippen LogP contribution in [0.1, 0.15) is 23.2 Å². The first kappa shape index (κ1) is 15.8. The van der Waals surface area contributed by atoms with Crippen LogP contribution in [-0.2, 0) is 0 Å². The summed E-state index contributed by atoms with van der Waals surface area (Å²) < 4.78 is 36.7. The largest absolute Gasteiger partial charge is 0.507 e. The molecule has 0 aliphatic heterocycles. The first-order valence-electron chi connectivity index (χ1n) is 5.86. The quantitative estimate of drug-likeness (QED) is 0.905. The Morgan fingerprint density at radius 3 is 2.50 bits per heavy atom. The Kier molecular flexibility index (Phi) is 5.38. The van der Waals surface area contributed by atoms with Crippen molar-refractivity contribution in [2.24, 2.45) is 0 Å². The topological polar surface area (TPSA) is 64.3 Å². The molecule has 0 saturated heterocycles. The summed E-state index contributed by atoms with van der Waals surface area (Å²) in [5.74, 6) is -1.02. The van der Waals surface area contributed by atoms with E-state index in [4.69, 9.17) is 5.26 Å². The van der Waals surface area contributed by atoms with Crippen LogP contribution in [0.25, 0.3) is 0 Å². The number of benzene rings is 1. The van der Waals surface area contributed by atoms with E-state index in [9.17, 15) is 23.1 Å². The van der Waals surface area contributed by atoms with Gasteiger partial charge in [0.15, 0.2) is 0 Å². The molecule has 0 radical (unpaired) electrons. The highest BCUT2D eigenvalue weighted by atomic mass is 19.4. The van der Waals surface area contributed by atoms with E-state index in [1.165, 1.54) is 24.3 Å². The van der Waals surface area contributed by atoms with E-state index in [2.05, 4.69) is 0 Å². The standard InChI is InChI=1S/C13H13F3N2O2/c14-13(15,16)6-9-18(8-3-7-17)12(20)10-4-1-2-5-11(10)19/h1-2,4-5,19H,3,6,8-9H2. The molecule has 1 aromatic rings. The summed E-state index contributed by atoms with van der Waals surface area (Å²) in [6, 6.07) is 7.38. The summed E-state index contributed by atoms with van der Waals surface area (Å²) in [4.78, 5) is 13.0. The van der Waals surface area contributed by atoms with Crippen molar-refractivity contribution in [1.29, 1.82) is 5.26 Å². The number of aromatic hydroxyl groups is 1. The van der Waals surface area contributed by atoms with E-state index in [0.717, 1.165) is 4.90 Å². The second kappa shape index (κ2) is 6.80. The minimum absolute atomic E-state index is 0.0722. The Labute approximate surface area is 114 Å². The van der Waals surface area contributed by atoms with Crippen LogP contribution in [-0.4, -0.2) is 35.2 Å². The lowest BCUT2D eigenvalue weighted by atomic mass is 10.1. The van der Waals surface area contributed by atoms with Gasteiger partial charge in [-0.05, 0) is 12.1 Å². The maximum atomic E-state index is 12.2. The fourth-order valence-electron chi connectivity index (χ4n) is 1.59. The highest BCUT2D eigenvalue weighted by Crippen LogP contribution is 2.22. The minimum Gasteiger partial charge on any atom is -0.507 e. The zero-order chi connectivity index (χ0) is 15.2. The lowest BCUT2D eigenvalue weighted by Crippen LogP contribution is -2.35. The zero-order valence-electron chi connectivity index (χ0n) is 10.5. The maximum absolute atomic E-state index is 12.2. The average molecular weight is 286 g/mol. The van der Waals surface area contributed by atoms with Gasteiger partial charge in [-0.25, -0.2) is 0 Å². The van der Waals surface area contributed by atoms with Crippen LogP contribution in [0, 0.1) is 11.3 Å². The van der Waals surface area contributed by atoms with Crippen LogP contribution >= 0.6 is 0 Å². The molecular weight excluding hydrogens is 273 g/mol. The molecule has 0 spiro atoms. The Bertz CT molecular complexity index is 509. The molecule has 7 heteroatoms. The number of halogens is 3. The number of phenolic OH excluding ortho intramolecular Hbond substituents is 1. The number of hydrogen-bond acceptors (Lipinski definition) is 3. The van der Waals surface area contributed by atoms with Crippen LogP contribution in [0.2, 0.25) is 0 Å². The lowest BCUT2D eigenvalue weighted by Gasteiger charge is -2.22. The van der Waals surface area contributed by atoms with Crippen molar-refractivity contribution in [1.82, 2.24) is 4.90 Å². The van der Waals surface area contributed by atoms with Crippen molar-refractivity contribution in [3.8, 4) is 11.8 Å². The smallest absolute Gasteiger partial charge is 0.390 e. The van der Waals surface area contributed by atoms with Gasteiger partial charge in [0.25, 0.3) is 5.91 Å². The predicted octanol–water partition coefficient (Wildman–Crippen LogP) is 2.70. The van der Waals surface area contributed by atoms with Crippen molar-refractivity contribution >= 4 is 5.91 Å². The number of carbonyl (C=O) groups is 1. The Morgan fingerprint density at radius 1 is 1.30 bits per heavy atom. The molecule has 0 fully saturated rings. The minimum atomic E-state index is -4.39. The summed E-state index contributed by atoms with van der Waals surface area (Å²) >= 11 is 0. The van der Waals surface area contributed by atoms with Gasteiger partial charge in [-0.1, -0.05) is 12.1 Å². The number of rotatable bonds is 5. The molecule has 1 amide bonds. The van der Waals surface area contributed by atoms with Crippen LogP contribution in [0.15, 0.2) is 24.3 Å². The van der Waals surface area contributed by atoms with Crippen LogP contribution in [0.3, 0.4) is 0 Å². The number of para-hydroxylation sites is 1.